The zero-order chi connectivity index (χ0) is 8.69. The number of hydrogen-bond donors (Lipinski definition) is 0. The van der Waals surface area contributed by atoms with E-state index in [-0.39, 0.29) is 0 Å². The maximum absolute atomic E-state index is 12.5. The molecule has 11 heavy (non-hydrogen) atoms. The predicted octanol–water partition coefficient (Wildman–Crippen LogP) is 3.95. The lowest BCUT2D eigenvalue weighted by atomic mass is 9.87. The number of rotatable bonds is 1. The first-order valence-corrected chi connectivity index (χ1v) is 4.97. The highest BCUT2D eigenvalue weighted by atomic mass is 19.1. The molecule has 0 spiro atoms. The molecule has 0 heterocycles. The Balaban J connectivity index is 0.000000461. The lowest BCUT2D eigenvalue weighted by Gasteiger charge is -2.22. The monoisotopic (exact) mass is 160 g/mol. The second kappa shape index (κ2) is 6.63. The van der Waals surface area contributed by atoms with E-state index in [1.807, 2.05) is 13.8 Å². The van der Waals surface area contributed by atoms with Gasteiger partial charge in [0.15, 0.2) is 0 Å². The van der Waals surface area contributed by atoms with E-state index in [1.54, 1.807) is 0 Å². The topological polar surface area (TPSA) is 0 Å². The quantitative estimate of drug-likeness (QED) is 0.545. The molecule has 1 saturated carbocycles. The average Bonchev–Trinajstić information content (AvgIpc) is 2.10. The average molecular weight is 160 g/mol. The Morgan fingerprint density at radius 3 is 1.91 bits per heavy atom. The molecule has 0 saturated heterocycles. The third kappa shape index (κ3) is 4.39. The van der Waals surface area contributed by atoms with Crippen molar-refractivity contribution in [3.63, 3.8) is 0 Å². The zero-order valence-electron chi connectivity index (χ0n) is 8.07. The van der Waals surface area contributed by atoms with Crippen LogP contribution in [0.1, 0.15) is 52.9 Å². The van der Waals surface area contributed by atoms with Crippen LogP contribution in [0.25, 0.3) is 0 Å². The molecule has 68 valence electrons. The fourth-order valence-electron chi connectivity index (χ4n) is 1.53. The maximum Gasteiger partial charge on any atom is 0.100 e. The Labute approximate surface area is 70.2 Å². The van der Waals surface area contributed by atoms with E-state index < -0.39 is 6.17 Å². The summed E-state index contributed by atoms with van der Waals surface area (Å²) in [4.78, 5) is 0. The van der Waals surface area contributed by atoms with Crippen LogP contribution in [0.2, 0.25) is 0 Å². The predicted molar refractivity (Wildman–Crippen MR) is 48.5 cm³/mol. The van der Waals surface area contributed by atoms with E-state index in [2.05, 4.69) is 6.92 Å². The highest BCUT2D eigenvalue weighted by molar-refractivity contribution is 4.70. The molecule has 0 aromatic rings. The third-order valence-electron chi connectivity index (χ3n) is 2.35. The first-order valence-electron chi connectivity index (χ1n) is 4.97. The van der Waals surface area contributed by atoms with Crippen LogP contribution in [0.5, 0.6) is 0 Å². The van der Waals surface area contributed by atoms with Gasteiger partial charge >= 0.3 is 0 Å². The highest BCUT2D eigenvalue weighted by Gasteiger charge is 2.18. The second-order valence-corrected chi connectivity index (χ2v) is 3.03. The number of alkyl halides is 1. The van der Waals surface area contributed by atoms with Gasteiger partial charge in [-0.2, -0.15) is 0 Å². The minimum absolute atomic E-state index is 0.479. The van der Waals surface area contributed by atoms with Crippen LogP contribution < -0.4 is 0 Å². The Kier molecular flexibility index (Phi) is 6.59. The van der Waals surface area contributed by atoms with E-state index in [4.69, 9.17) is 0 Å². The zero-order valence-corrected chi connectivity index (χ0v) is 8.07. The lowest BCUT2D eigenvalue weighted by Crippen LogP contribution is -2.13. The minimum Gasteiger partial charge on any atom is -0.247 e. The summed E-state index contributed by atoms with van der Waals surface area (Å²) < 4.78 is 12.5. The van der Waals surface area contributed by atoms with Crippen LogP contribution in [0.3, 0.4) is 0 Å². The number of halogens is 1. The summed E-state index contributed by atoms with van der Waals surface area (Å²) in [7, 11) is 0. The van der Waals surface area contributed by atoms with Gasteiger partial charge in [-0.05, 0) is 31.6 Å². The maximum atomic E-state index is 12.5. The minimum atomic E-state index is -0.479. The molecule has 0 amide bonds. The molecular weight excluding hydrogens is 139 g/mol. The van der Waals surface area contributed by atoms with Crippen LogP contribution in [0, 0.1) is 5.92 Å². The van der Waals surface area contributed by atoms with Crippen molar-refractivity contribution in [1.29, 1.82) is 0 Å². The largest absolute Gasteiger partial charge is 0.247 e. The smallest absolute Gasteiger partial charge is 0.100 e. The molecule has 1 heteroatoms. The molecule has 0 aromatic heterocycles. The molecule has 0 radical (unpaired) electrons. The van der Waals surface area contributed by atoms with Gasteiger partial charge in [0, 0.05) is 0 Å². The molecule has 0 atom stereocenters. The highest BCUT2D eigenvalue weighted by Crippen LogP contribution is 2.27. The summed E-state index contributed by atoms with van der Waals surface area (Å²) in [5.41, 5.74) is 0. The fourth-order valence-corrected chi connectivity index (χ4v) is 1.53. The first kappa shape index (κ1) is 10.9. The van der Waals surface area contributed by atoms with Crippen molar-refractivity contribution in [1.82, 2.24) is 0 Å². The van der Waals surface area contributed by atoms with Crippen molar-refractivity contribution in [3.8, 4) is 0 Å². The normalized spacial score (nSPS) is 30.5. The van der Waals surface area contributed by atoms with Gasteiger partial charge in [0.2, 0.25) is 0 Å². The van der Waals surface area contributed by atoms with Gasteiger partial charge in [0.1, 0.15) is 6.17 Å². The SMILES string of the molecule is CC.CCC1CCC(F)CC1. The summed E-state index contributed by atoms with van der Waals surface area (Å²) in [6.45, 7) is 6.20. The summed E-state index contributed by atoms with van der Waals surface area (Å²) in [6, 6.07) is 0. The van der Waals surface area contributed by atoms with Crippen molar-refractivity contribution in [2.45, 2.75) is 59.0 Å². The van der Waals surface area contributed by atoms with Gasteiger partial charge < -0.3 is 0 Å². The Bertz CT molecular complexity index is 72.9. The standard InChI is InChI=1S/C8H15F.C2H6/c1-2-7-3-5-8(9)6-4-7;1-2/h7-8H,2-6H2,1H3;1-2H3. The Hall–Kier alpha value is -0.0700. The van der Waals surface area contributed by atoms with E-state index >= 15 is 0 Å². The molecular formula is C10H21F. The summed E-state index contributed by atoms with van der Waals surface area (Å²) in [6.07, 6.45) is 4.65. The van der Waals surface area contributed by atoms with Crippen LogP contribution in [0.4, 0.5) is 4.39 Å². The van der Waals surface area contributed by atoms with E-state index in [0.717, 1.165) is 31.6 Å². The fraction of sp³-hybridized carbons (Fsp3) is 1.00. The Morgan fingerprint density at radius 2 is 1.55 bits per heavy atom. The van der Waals surface area contributed by atoms with Crippen LogP contribution >= 0.6 is 0 Å². The first-order chi connectivity index (χ1) is 5.33. The van der Waals surface area contributed by atoms with Crippen LogP contribution in [0.15, 0.2) is 0 Å². The van der Waals surface area contributed by atoms with Crippen LogP contribution in [-0.2, 0) is 0 Å². The molecule has 0 unspecified atom stereocenters. The molecule has 1 fully saturated rings. The molecule has 0 N–H and O–H groups in total. The molecule has 1 aliphatic rings. The summed E-state index contributed by atoms with van der Waals surface area (Å²) in [5.74, 6) is 0.831. The third-order valence-corrected chi connectivity index (χ3v) is 2.35. The molecule has 1 rings (SSSR count). The van der Waals surface area contributed by atoms with Crippen molar-refractivity contribution >= 4 is 0 Å². The van der Waals surface area contributed by atoms with Crippen molar-refractivity contribution in [2.75, 3.05) is 0 Å². The molecule has 0 bridgehead atoms. The summed E-state index contributed by atoms with van der Waals surface area (Å²) >= 11 is 0. The Morgan fingerprint density at radius 1 is 1.09 bits per heavy atom. The van der Waals surface area contributed by atoms with E-state index in [0.29, 0.717) is 0 Å². The lowest BCUT2D eigenvalue weighted by molar-refractivity contribution is 0.204. The van der Waals surface area contributed by atoms with Gasteiger partial charge in [-0.15, -0.1) is 0 Å². The molecule has 0 aliphatic heterocycles. The summed E-state index contributed by atoms with van der Waals surface area (Å²) in [5, 5.41) is 0. The van der Waals surface area contributed by atoms with Gasteiger partial charge in [-0.3, -0.25) is 0 Å². The van der Waals surface area contributed by atoms with Gasteiger partial charge in [-0.25, -0.2) is 4.39 Å². The number of hydrogen-bond acceptors (Lipinski definition) is 0. The van der Waals surface area contributed by atoms with Gasteiger partial charge in [0.25, 0.3) is 0 Å². The van der Waals surface area contributed by atoms with Gasteiger partial charge in [0.05, 0.1) is 0 Å². The van der Waals surface area contributed by atoms with Crippen LogP contribution in [-0.4, -0.2) is 6.17 Å². The van der Waals surface area contributed by atoms with Crippen molar-refractivity contribution < 1.29 is 4.39 Å². The van der Waals surface area contributed by atoms with E-state index in [1.165, 1.54) is 6.42 Å². The van der Waals surface area contributed by atoms with Crippen molar-refractivity contribution in [2.24, 2.45) is 5.92 Å². The van der Waals surface area contributed by atoms with Crippen molar-refractivity contribution in [3.05, 3.63) is 0 Å². The molecule has 0 aromatic carbocycles. The second-order valence-electron chi connectivity index (χ2n) is 3.03. The molecule has 0 nitrogen and oxygen atoms in total. The van der Waals surface area contributed by atoms with E-state index in [9.17, 15) is 4.39 Å². The molecule has 1 aliphatic carbocycles. The van der Waals surface area contributed by atoms with Gasteiger partial charge in [-0.1, -0.05) is 27.2 Å².